The van der Waals surface area contributed by atoms with E-state index in [2.05, 4.69) is 15.0 Å². The van der Waals surface area contributed by atoms with Crippen LogP contribution in [0, 0.1) is 5.41 Å². The molecule has 0 aliphatic carbocycles. The first-order valence-electron chi connectivity index (χ1n) is 7.78. The second-order valence-corrected chi connectivity index (χ2v) is 6.68. The average Bonchev–Trinajstić information content (AvgIpc) is 2.83. The number of fused-ring (bicyclic) bond motifs is 1. The monoisotopic (exact) mass is 328 g/mol. The highest BCUT2D eigenvalue weighted by molar-refractivity contribution is 5.50. The van der Waals surface area contributed by atoms with Crippen LogP contribution < -0.4 is 14.8 Å². The molecule has 1 saturated heterocycles. The van der Waals surface area contributed by atoms with Gasteiger partial charge in [0.15, 0.2) is 11.5 Å². The van der Waals surface area contributed by atoms with Gasteiger partial charge in [0, 0.05) is 49.8 Å². The lowest BCUT2D eigenvalue weighted by Gasteiger charge is -2.43. The van der Waals surface area contributed by atoms with Crippen LogP contribution in [0.1, 0.15) is 25.5 Å². The van der Waals surface area contributed by atoms with Crippen molar-refractivity contribution >= 4 is 0 Å². The molecule has 5 nitrogen and oxygen atoms in total. The van der Waals surface area contributed by atoms with E-state index in [1.165, 1.54) is 6.07 Å². The maximum absolute atomic E-state index is 13.5. The zero-order chi connectivity index (χ0) is 16.7. The van der Waals surface area contributed by atoms with Crippen LogP contribution in [0.15, 0.2) is 18.2 Å². The Bertz CT molecular complexity index is 574. The second-order valence-electron chi connectivity index (χ2n) is 6.68. The smallest absolute Gasteiger partial charge is 0.396 e. The van der Waals surface area contributed by atoms with E-state index in [0.29, 0.717) is 5.56 Å². The lowest BCUT2D eigenvalue weighted by molar-refractivity contribution is -0.287. The normalized spacial score (nSPS) is 22.1. The number of alkyl halides is 2. The minimum atomic E-state index is -3.64. The number of aliphatic hydroxyl groups excluding tert-OH is 1. The van der Waals surface area contributed by atoms with Crippen molar-refractivity contribution < 1.29 is 23.4 Å². The minimum absolute atomic E-state index is 0.0429. The molecule has 23 heavy (non-hydrogen) atoms. The molecule has 7 heteroatoms. The third-order valence-electron chi connectivity index (χ3n) is 4.42. The first-order chi connectivity index (χ1) is 10.8. The summed E-state index contributed by atoms with van der Waals surface area (Å²) < 4.78 is 36.3. The topological polar surface area (TPSA) is 54.0 Å². The third-order valence-corrected chi connectivity index (χ3v) is 4.42. The lowest BCUT2D eigenvalue weighted by Crippen LogP contribution is -2.49. The quantitative estimate of drug-likeness (QED) is 0.885. The molecule has 2 aliphatic rings. The van der Waals surface area contributed by atoms with Crippen LogP contribution in [0.5, 0.6) is 11.5 Å². The fourth-order valence-electron chi connectivity index (χ4n) is 3.34. The van der Waals surface area contributed by atoms with Crippen molar-refractivity contribution in [2.75, 3.05) is 32.8 Å². The largest absolute Gasteiger partial charge is 0.586 e. The van der Waals surface area contributed by atoms with E-state index in [-0.39, 0.29) is 24.1 Å². The lowest BCUT2D eigenvalue weighted by atomic mass is 9.79. The van der Waals surface area contributed by atoms with E-state index < -0.39 is 11.7 Å². The van der Waals surface area contributed by atoms with E-state index in [9.17, 15) is 13.9 Å². The Balaban J connectivity index is 2.03. The van der Waals surface area contributed by atoms with Gasteiger partial charge in [0.05, 0.1) is 0 Å². The van der Waals surface area contributed by atoms with E-state index in [1.54, 1.807) is 12.1 Å². The summed E-state index contributed by atoms with van der Waals surface area (Å²) in [4.78, 5) is 2.20. The van der Waals surface area contributed by atoms with Gasteiger partial charge in [-0.2, -0.15) is 0 Å². The number of aliphatic hydroxyl groups is 1. The maximum Gasteiger partial charge on any atom is 0.586 e. The number of piperazine rings is 1. The summed E-state index contributed by atoms with van der Waals surface area (Å²) in [5, 5.41) is 13.1. The number of para-hydroxylation sites is 1. The molecule has 0 unspecified atom stereocenters. The minimum Gasteiger partial charge on any atom is -0.396 e. The van der Waals surface area contributed by atoms with E-state index in [4.69, 9.17) is 4.74 Å². The fourth-order valence-corrected chi connectivity index (χ4v) is 3.34. The van der Waals surface area contributed by atoms with Gasteiger partial charge in [0.1, 0.15) is 0 Å². The van der Waals surface area contributed by atoms with Crippen LogP contribution in [0.25, 0.3) is 0 Å². The van der Waals surface area contributed by atoms with Gasteiger partial charge in [-0.15, -0.1) is 8.78 Å². The van der Waals surface area contributed by atoms with Gasteiger partial charge >= 0.3 is 6.29 Å². The van der Waals surface area contributed by atoms with Crippen LogP contribution in [0.4, 0.5) is 8.78 Å². The van der Waals surface area contributed by atoms with Crippen LogP contribution >= 0.6 is 0 Å². The Kier molecular flexibility index (Phi) is 4.20. The molecule has 1 fully saturated rings. The molecule has 128 valence electrons. The molecule has 2 aliphatic heterocycles. The van der Waals surface area contributed by atoms with E-state index in [0.717, 1.165) is 26.2 Å². The molecular formula is C16H22F2N2O3. The molecule has 1 aromatic rings. The highest BCUT2D eigenvalue weighted by atomic mass is 19.3. The number of halogens is 2. The van der Waals surface area contributed by atoms with Crippen molar-refractivity contribution in [1.29, 1.82) is 0 Å². The van der Waals surface area contributed by atoms with E-state index >= 15 is 0 Å². The van der Waals surface area contributed by atoms with Gasteiger partial charge in [-0.25, -0.2) is 0 Å². The average molecular weight is 328 g/mol. The van der Waals surface area contributed by atoms with Gasteiger partial charge in [-0.05, 0) is 6.07 Å². The second kappa shape index (κ2) is 5.89. The molecule has 2 N–H and O–H groups in total. The highest BCUT2D eigenvalue weighted by Crippen LogP contribution is 2.50. The van der Waals surface area contributed by atoms with E-state index in [1.807, 2.05) is 13.8 Å². The van der Waals surface area contributed by atoms with Crippen molar-refractivity contribution in [3.63, 3.8) is 0 Å². The molecular weight excluding hydrogens is 306 g/mol. The van der Waals surface area contributed by atoms with Crippen LogP contribution in [0.2, 0.25) is 0 Å². The number of benzene rings is 1. The Morgan fingerprint density at radius 2 is 2.00 bits per heavy atom. The Morgan fingerprint density at radius 1 is 1.30 bits per heavy atom. The predicted octanol–water partition coefficient (Wildman–Crippen LogP) is 1.97. The maximum atomic E-state index is 13.5. The third kappa shape index (κ3) is 3.13. The highest BCUT2D eigenvalue weighted by Gasteiger charge is 2.47. The summed E-state index contributed by atoms with van der Waals surface area (Å²) in [6.07, 6.45) is -3.64. The Morgan fingerprint density at radius 3 is 2.65 bits per heavy atom. The van der Waals surface area contributed by atoms with Gasteiger partial charge in [0.25, 0.3) is 0 Å². The summed E-state index contributed by atoms with van der Waals surface area (Å²) in [5.41, 5.74) is 0.105. The number of hydrogen-bond acceptors (Lipinski definition) is 5. The number of hydrogen-bond donors (Lipinski definition) is 2. The van der Waals surface area contributed by atoms with Gasteiger partial charge in [-0.1, -0.05) is 26.0 Å². The number of rotatable bonds is 4. The molecule has 2 heterocycles. The van der Waals surface area contributed by atoms with Gasteiger partial charge in [-0.3, -0.25) is 4.90 Å². The first-order valence-corrected chi connectivity index (χ1v) is 7.78. The van der Waals surface area contributed by atoms with Crippen molar-refractivity contribution in [2.24, 2.45) is 5.41 Å². The van der Waals surface area contributed by atoms with Crippen LogP contribution in [-0.4, -0.2) is 49.1 Å². The molecule has 0 saturated carbocycles. The molecule has 0 aromatic heterocycles. The van der Waals surface area contributed by atoms with Gasteiger partial charge < -0.3 is 19.9 Å². The van der Waals surface area contributed by atoms with Crippen LogP contribution in [-0.2, 0) is 0 Å². The molecule has 1 atom stereocenters. The molecule has 1 aromatic carbocycles. The summed E-state index contributed by atoms with van der Waals surface area (Å²) in [7, 11) is 0. The predicted molar refractivity (Wildman–Crippen MR) is 80.7 cm³/mol. The molecule has 3 rings (SSSR count). The van der Waals surface area contributed by atoms with Gasteiger partial charge in [0.2, 0.25) is 0 Å². The molecule has 0 amide bonds. The zero-order valence-corrected chi connectivity index (χ0v) is 13.3. The summed E-state index contributed by atoms with van der Waals surface area (Å²) in [5.74, 6) is 0.115. The Labute approximate surface area is 134 Å². The van der Waals surface area contributed by atoms with Crippen molar-refractivity contribution in [2.45, 2.75) is 26.2 Å². The van der Waals surface area contributed by atoms with Crippen LogP contribution in [0.3, 0.4) is 0 Å². The fraction of sp³-hybridized carbons (Fsp3) is 0.625. The zero-order valence-electron chi connectivity index (χ0n) is 13.3. The number of nitrogens with zero attached hydrogens (tertiary/aromatic N) is 1. The SMILES string of the molecule is CC(C)(CO)[C@@H](c1cccc2c1OC(F)(F)O2)N1CCNCC1. The molecule has 0 bridgehead atoms. The summed E-state index contributed by atoms with van der Waals surface area (Å²) in [6.45, 7) is 6.97. The summed E-state index contributed by atoms with van der Waals surface area (Å²) >= 11 is 0. The standard InChI is InChI=1S/C16H22F2N2O3/c1-15(2,10-21)14(20-8-6-19-7-9-20)11-4-3-5-12-13(11)23-16(17,18)22-12/h3-5,14,19,21H,6-10H2,1-2H3/t14-/m1/s1. The Hall–Kier alpha value is -1.44. The first kappa shape index (κ1) is 16.4. The van der Waals surface area contributed by atoms with Crippen molar-refractivity contribution in [1.82, 2.24) is 10.2 Å². The molecule has 0 radical (unpaired) electrons. The number of ether oxygens (including phenoxy) is 2. The van der Waals surface area contributed by atoms with Crippen molar-refractivity contribution in [3.05, 3.63) is 23.8 Å². The number of nitrogens with one attached hydrogen (secondary N) is 1. The molecule has 0 spiro atoms. The summed E-state index contributed by atoms with van der Waals surface area (Å²) in [6, 6.07) is 4.68. The van der Waals surface area contributed by atoms with Crippen molar-refractivity contribution in [3.8, 4) is 11.5 Å².